The van der Waals surface area contributed by atoms with Crippen molar-refractivity contribution in [3.05, 3.63) is 29.8 Å². The molecule has 0 bridgehead atoms. The van der Waals surface area contributed by atoms with E-state index in [9.17, 15) is 0 Å². The lowest BCUT2D eigenvalue weighted by Crippen LogP contribution is -2.21. The predicted molar refractivity (Wildman–Crippen MR) is 73.0 cm³/mol. The zero-order valence-electron chi connectivity index (χ0n) is 11.1. The lowest BCUT2D eigenvalue weighted by atomic mass is 9.97. The van der Waals surface area contributed by atoms with E-state index in [0.29, 0.717) is 6.04 Å². The maximum Gasteiger partial charge on any atom is 0.0342 e. The van der Waals surface area contributed by atoms with Crippen molar-refractivity contribution in [3.8, 4) is 0 Å². The normalized spacial score (nSPS) is 14.5. The summed E-state index contributed by atoms with van der Waals surface area (Å²) in [7, 11) is 0. The van der Waals surface area contributed by atoms with E-state index in [4.69, 9.17) is 0 Å². The minimum absolute atomic E-state index is 0.609. The quantitative estimate of drug-likeness (QED) is 0.736. The van der Waals surface area contributed by atoms with Crippen LogP contribution in [0.1, 0.15) is 45.6 Å². The fourth-order valence-corrected chi connectivity index (χ4v) is 1.87. The highest BCUT2D eigenvalue weighted by Gasteiger charge is 2.09. The Morgan fingerprint density at radius 1 is 1.06 bits per heavy atom. The molecule has 1 aromatic rings. The molecule has 0 saturated heterocycles. The second kappa shape index (κ2) is 6.57. The van der Waals surface area contributed by atoms with E-state index in [2.05, 4.69) is 57.3 Å². The molecule has 16 heavy (non-hydrogen) atoms. The number of rotatable bonds is 6. The molecule has 0 amide bonds. The summed E-state index contributed by atoms with van der Waals surface area (Å²) < 4.78 is 0. The Morgan fingerprint density at radius 3 is 2.19 bits per heavy atom. The van der Waals surface area contributed by atoms with Gasteiger partial charge >= 0.3 is 0 Å². The Balaban J connectivity index is 2.52. The highest BCUT2D eigenvalue weighted by atomic mass is 14.9. The van der Waals surface area contributed by atoms with Crippen LogP contribution in [0.5, 0.6) is 0 Å². The van der Waals surface area contributed by atoms with E-state index in [1.807, 2.05) is 0 Å². The van der Waals surface area contributed by atoms with Crippen LogP contribution < -0.4 is 5.32 Å². The van der Waals surface area contributed by atoms with Gasteiger partial charge in [-0.05, 0) is 37.8 Å². The van der Waals surface area contributed by atoms with Gasteiger partial charge in [0.2, 0.25) is 0 Å². The summed E-state index contributed by atoms with van der Waals surface area (Å²) in [5.74, 6) is 0.808. The molecule has 90 valence electrons. The molecular weight excluding hydrogens is 194 g/mol. The van der Waals surface area contributed by atoms with E-state index in [1.54, 1.807) is 0 Å². The van der Waals surface area contributed by atoms with Crippen LogP contribution in [0.2, 0.25) is 0 Å². The van der Waals surface area contributed by atoms with E-state index in [0.717, 1.165) is 5.92 Å². The van der Waals surface area contributed by atoms with Crippen molar-refractivity contribution in [2.24, 2.45) is 5.92 Å². The van der Waals surface area contributed by atoms with Gasteiger partial charge < -0.3 is 5.32 Å². The van der Waals surface area contributed by atoms with Crippen LogP contribution in [0, 0.1) is 12.8 Å². The number of hydrogen-bond donors (Lipinski definition) is 1. The molecule has 2 atom stereocenters. The zero-order chi connectivity index (χ0) is 12.0. The van der Waals surface area contributed by atoms with Gasteiger partial charge in [0.25, 0.3) is 0 Å². The molecule has 0 aliphatic rings. The first-order valence-electron chi connectivity index (χ1n) is 6.48. The molecule has 0 radical (unpaired) electrons. The molecule has 0 aromatic heterocycles. The second-order valence-corrected chi connectivity index (χ2v) is 4.86. The van der Waals surface area contributed by atoms with E-state index >= 15 is 0 Å². The van der Waals surface area contributed by atoms with Crippen molar-refractivity contribution in [3.63, 3.8) is 0 Å². The monoisotopic (exact) mass is 219 g/mol. The Bertz CT molecular complexity index is 289. The summed E-state index contributed by atoms with van der Waals surface area (Å²) in [6, 6.07) is 9.29. The van der Waals surface area contributed by atoms with Crippen LogP contribution in [0.25, 0.3) is 0 Å². The molecule has 0 heterocycles. The van der Waals surface area contributed by atoms with Gasteiger partial charge in [0, 0.05) is 11.7 Å². The van der Waals surface area contributed by atoms with Gasteiger partial charge in [-0.3, -0.25) is 0 Å². The average molecular weight is 219 g/mol. The fourth-order valence-electron chi connectivity index (χ4n) is 1.87. The molecule has 0 fully saturated rings. The summed E-state index contributed by atoms with van der Waals surface area (Å²) >= 11 is 0. The highest BCUT2D eigenvalue weighted by molar-refractivity contribution is 5.45. The number of hydrogen-bond acceptors (Lipinski definition) is 1. The van der Waals surface area contributed by atoms with Crippen LogP contribution in [0.4, 0.5) is 5.69 Å². The summed E-state index contributed by atoms with van der Waals surface area (Å²) in [5, 5.41) is 3.62. The Labute approximate surface area is 100 Å². The predicted octanol–water partition coefficient (Wildman–Crippen LogP) is 4.62. The molecule has 0 aliphatic heterocycles. The summed E-state index contributed by atoms with van der Waals surface area (Å²) in [6.07, 6.45) is 3.73. The SMILES string of the molecule is CCC(C)CC(CC)Nc1ccc(C)cc1. The number of aryl methyl sites for hydroxylation is 1. The van der Waals surface area contributed by atoms with E-state index in [-0.39, 0.29) is 0 Å². The number of nitrogens with one attached hydrogen (secondary N) is 1. The van der Waals surface area contributed by atoms with Gasteiger partial charge in [-0.1, -0.05) is 44.9 Å². The third-order valence-corrected chi connectivity index (χ3v) is 3.30. The van der Waals surface area contributed by atoms with Crippen LogP contribution in [-0.4, -0.2) is 6.04 Å². The van der Waals surface area contributed by atoms with Crippen molar-refractivity contribution in [2.75, 3.05) is 5.32 Å². The number of anilines is 1. The molecule has 1 heteroatoms. The lowest BCUT2D eigenvalue weighted by Gasteiger charge is -2.21. The zero-order valence-corrected chi connectivity index (χ0v) is 11.1. The molecule has 1 nitrogen and oxygen atoms in total. The molecule has 0 spiro atoms. The first-order chi connectivity index (χ1) is 7.65. The first kappa shape index (κ1) is 13.1. The summed E-state index contributed by atoms with van der Waals surface area (Å²) in [6.45, 7) is 8.98. The van der Waals surface area contributed by atoms with Crippen molar-refractivity contribution >= 4 is 5.69 Å². The van der Waals surface area contributed by atoms with Crippen molar-refractivity contribution in [1.29, 1.82) is 0 Å². The van der Waals surface area contributed by atoms with Gasteiger partial charge in [0.15, 0.2) is 0 Å². The second-order valence-electron chi connectivity index (χ2n) is 4.86. The Hall–Kier alpha value is -0.980. The van der Waals surface area contributed by atoms with Crippen molar-refractivity contribution < 1.29 is 0 Å². The van der Waals surface area contributed by atoms with Crippen molar-refractivity contribution in [2.45, 2.75) is 53.0 Å². The number of benzene rings is 1. The topological polar surface area (TPSA) is 12.0 Å². The molecular formula is C15H25N. The van der Waals surface area contributed by atoms with Crippen molar-refractivity contribution in [1.82, 2.24) is 0 Å². The van der Waals surface area contributed by atoms with Crippen LogP contribution in [0.15, 0.2) is 24.3 Å². The van der Waals surface area contributed by atoms with Crippen LogP contribution >= 0.6 is 0 Å². The molecule has 0 aliphatic carbocycles. The summed E-state index contributed by atoms with van der Waals surface area (Å²) in [5.41, 5.74) is 2.57. The van der Waals surface area contributed by atoms with Gasteiger partial charge in [0.05, 0.1) is 0 Å². The molecule has 0 saturated carbocycles. The Morgan fingerprint density at radius 2 is 1.69 bits per heavy atom. The third kappa shape index (κ3) is 4.26. The van der Waals surface area contributed by atoms with E-state index < -0.39 is 0 Å². The van der Waals surface area contributed by atoms with Gasteiger partial charge in [0.1, 0.15) is 0 Å². The largest absolute Gasteiger partial charge is 0.382 e. The van der Waals surface area contributed by atoms with Gasteiger partial charge in [-0.2, -0.15) is 0 Å². The standard InChI is InChI=1S/C15H25N/c1-5-12(3)11-14(6-2)16-15-9-7-13(4)8-10-15/h7-10,12,14,16H,5-6,11H2,1-4H3. The van der Waals surface area contributed by atoms with Crippen LogP contribution in [-0.2, 0) is 0 Å². The Kier molecular flexibility index (Phi) is 5.37. The molecule has 1 rings (SSSR count). The first-order valence-corrected chi connectivity index (χ1v) is 6.48. The minimum Gasteiger partial charge on any atom is -0.382 e. The average Bonchev–Trinajstić information content (AvgIpc) is 2.30. The molecule has 2 unspecified atom stereocenters. The lowest BCUT2D eigenvalue weighted by molar-refractivity contribution is 0.462. The molecule has 1 aromatic carbocycles. The maximum atomic E-state index is 3.62. The maximum absolute atomic E-state index is 3.62. The van der Waals surface area contributed by atoms with Gasteiger partial charge in [-0.25, -0.2) is 0 Å². The van der Waals surface area contributed by atoms with Crippen LogP contribution in [0.3, 0.4) is 0 Å². The fraction of sp³-hybridized carbons (Fsp3) is 0.600. The molecule has 1 N–H and O–H groups in total. The van der Waals surface area contributed by atoms with Gasteiger partial charge in [-0.15, -0.1) is 0 Å². The summed E-state index contributed by atoms with van der Waals surface area (Å²) in [4.78, 5) is 0. The smallest absolute Gasteiger partial charge is 0.0342 e. The van der Waals surface area contributed by atoms with E-state index in [1.165, 1.54) is 30.5 Å². The minimum atomic E-state index is 0.609. The highest BCUT2D eigenvalue weighted by Crippen LogP contribution is 2.17. The third-order valence-electron chi connectivity index (χ3n) is 3.30.